The number of nitrogens with one attached hydrogen (secondary N) is 1. The van der Waals surface area contributed by atoms with E-state index in [9.17, 15) is 4.79 Å². The minimum atomic E-state index is -0.228. The van der Waals surface area contributed by atoms with Crippen LogP contribution in [-0.2, 0) is 6.54 Å². The minimum absolute atomic E-state index is 0.147. The van der Waals surface area contributed by atoms with Gasteiger partial charge in [-0.25, -0.2) is 15.0 Å². The summed E-state index contributed by atoms with van der Waals surface area (Å²) in [7, 11) is 2.03. The molecule has 1 saturated heterocycles. The molecule has 3 heterocycles. The summed E-state index contributed by atoms with van der Waals surface area (Å²) in [5, 5.41) is 0. The molecule has 1 aliphatic heterocycles. The Kier molecular flexibility index (Phi) is 5.13. The number of anilines is 2. The number of aromatic nitrogens is 4. The quantitative estimate of drug-likeness (QED) is 0.766. The van der Waals surface area contributed by atoms with Crippen LogP contribution in [0.1, 0.15) is 19.0 Å². The van der Waals surface area contributed by atoms with Crippen molar-refractivity contribution in [2.75, 3.05) is 37.4 Å². The fourth-order valence-corrected chi connectivity index (χ4v) is 3.03. The summed E-state index contributed by atoms with van der Waals surface area (Å²) in [5.74, 6) is 1.61. The monoisotopic (exact) mass is 345 g/mol. The van der Waals surface area contributed by atoms with E-state index in [1.165, 1.54) is 12.4 Å². The van der Waals surface area contributed by atoms with E-state index in [0.717, 1.165) is 25.3 Å². The standard InChI is InChI=1S/C16H23N7O2/c1-3-25-15-7-13(18-10-19-15)23-5-4-12(9-23)22(2)8-11-6-14(24)21-16(17)20-11/h6-7,10,12H,3-5,8-9H2,1-2H3,(H3,17,20,21,24)/t12-/m1/s1. The molecule has 0 aliphatic carbocycles. The van der Waals surface area contributed by atoms with Gasteiger partial charge in [0.1, 0.15) is 12.1 Å². The van der Waals surface area contributed by atoms with Gasteiger partial charge in [-0.3, -0.25) is 14.7 Å². The summed E-state index contributed by atoms with van der Waals surface area (Å²) in [6.45, 7) is 4.83. The van der Waals surface area contributed by atoms with Gasteiger partial charge in [0.25, 0.3) is 5.56 Å². The third-order valence-corrected chi connectivity index (χ3v) is 4.25. The molecule has 2 aromatic heterocycles. The molecule has 3 N–H and O–H groups in total. The fourth-order valence-electron chi connectivity index (χ4n) is 3.03. The molecule has 25 heavy (non-hydrogen) atoms. The van der Waals surface area contributed by atoms with Gasteiger partial charge in [0.15, 0.2) is 0 Å². The lowest BCUT2D eigenvalue weighted by atomic mass is 10.2. The Bertz CT molecular complexity index is 779. The van der Waals surface area contributed by atoms with Crippen LogP contribution in [0.3, 0.4) is 0 Å². The molecular weight excluding hydrogens is 322 g/mol. The number of H-pyrrole nitrogens is 1. The maximum absolute atomic E-state index is 11.5. The number of likely N-dealkylation sites (N-methyl/N-ethyl adjacent to an activating group) is 1. The number of ether oxygens (including phenoxy) is 1. The van der Waals surface area contributed by atoms with Gasteiger partial charge < -0.3 is 15.4 Å². The van der Waals surface area contributed by atoms with E-state index >= 15 is 0 Å². The highest BCUT2D eigenvalue weighted by atomic mass is 16.5. The first kappa shape index (κ1) is 17.2. The van der Waals surface area contributed by atoms with Crippen molar-refractivity contribution in [3.63, 3.8) is 0 Å². The molecule has 0 aromatic carbocycles. The van der Waals surface area contributed by atoms with Gasteiger partial charge in [-0.05, 0) is 20.4 Å². The molecule has 0 unspecified atom stereocenters. The van der Waals surface area contributed by atoms with Gasteiger partial charge in [-0.15, -0.1) is 0 Å². The molecule has 9 heteroatoms. The summed E-state index contributed by atoms with van der Waals surface area (Å²) in [6, 6.07) is 3.69. The van der Waals surface area contributed by atoms with E-state index in [2.05, 4.69) is 29.7 Å². The lowest BCUT2D eigenvalue weighted by Gasteiger charge is -2.24. The Morgan fingerprint density at radius 1 is 1.44 bits per heavy atom. The number of aromatic amines is 1. The van der Waals surface area contributed by atoms with Gasteiger partial charge in [-0.1, -0.05) is 0 Å². The van der Waals surface area contributed by atoms with Gasteiger partial charge >= 0.3 is 0 Å². The Labute approximate surface area is 145 Å². The number of nitrogens with two attached hydrogens (primary N) is 1. The molecule has 0 bridgehead atoms. The van der Waals surface area contributed by atoms with Crippen molar-refractivity contribution in [3.05, 3.63) is 34.5 Å². The van der Waals surface area contributed by atoms with Crippen LogP contribution in [0, 0.1) is 0 Å². The first-order valence-corrected chi connectivity index (χ1v) is 8.31. The zero-order valence-electron chi connectivity index (χ0n) is 14.5. The number of hydrogen-bond donors (Lipinski definition) is 2. The zero-order valence-corrected chi connectivity index (χ0v) is 14.5. The maximum atomic E-state index is 11.5. The smallest absolute Gasteiger partial charge is 0.252 e. The number of rotatable bonds is 6. The highest BCUT2D eigenvalue weighted by molar-refractivity contribution is 5.42. The maximum Gasteiger partial charge on any atom is 0.252 e. The molecule has 0 amide bonds. The van der Waals surface area contributed by atoms with Crippen molar-refractivity contribution in [1.82, 2.24) is 24.8 Å². The van der Waals surface area contributed by atoms with Crippen LogP contribution in [0.25, 0.3) is 0 Å². The SMILES string of the molecule is CCOc1cc(N2CC[C@@H](N(C)Cc3cc(=O)[nH]c(N)n3)C2)ncn1. The average molecular weight is 345 g/mol. The zero-order chi connectivity index (χ0) is 17.8. The second-order valence-electron chi connectivity index (χ2n) is 6.07. The van der Waals surface area contributed by atoms with Crippen molar-refractivity contribution >= 4 is 11.8 Å². The lowest BCUT2D eigenvalue weighted by Crippen LogP contribution is -2.35. The highest BCUT2D eigenvalue weighted by Crippen LogP contribution is 2.23. The van der Waals surface area contributed by atoms with Crippen LogP contribution in [-0.4, -0.2) is 57.6 Å². The first-order valence-electron chi connectivity index (χ1n) is 8.31. The normalized spacial score (nSPS) is 17.2. The number of hydrogen-bond acceptors (Lipinski definition) is 8. The minimum Gasteiger partial charge on any atom is -0.478 e. The third-order valence-electron chi connectivity index (χ3n) is 4.25. The van der Waals surface area contributed by atoms with E-state index in [1.54, 1.807) is 0 Å². The van der Waals surface area contributed by atoms with E-state index in [4.69, 9.17) is 10.5 Å². The molecular formula is C16H23N7O2. The molecule has 9 nitrogen and oxygen atoms in total. The summed E-state index contributed by atoms with van der Waals surface area (Å²) in [6.07, 6.45) is 2.53. The van der Waals surface area contributed by atoms with Crippen LogP contribution in [0.4, 0.5) is 11.8 Å². The van der Waals surface area contributed by atoms with Crippen LogP contribution in [0.2, 0.25) is 0 Å². The van der Waals surface area contributed by atoms with Crippen LogP contribution in [0.15, 0.2) is 23.3 Å². The number of nitrogen functional groups attached to an aromatic ring is 1. The molecule has 134 valence electrons. The van der Waals surface area contributed by atoms with Crippen molar-refractivity contribution in [1.29, 1.82) is 0 Å². The molecule has 0 saturated carbocycles. The van der Waals surface area contributed by atoms with Crippen LogP contribution < -0.4 is 20.9 Å². The van der Waals surface area contributed by atoms with Crippen molar-refractivity contribution in [3.8, 4) is 5.88 Å². The Morgan fingerprint density at radius 3 is 3.04 bits per heavy atom. The molecule has 0 spiro atoms. The summed E-state index contributed by atoms with van der Waals surface area (Å²) >= 11 is 0. The third kappa shape index (κ3) is 4.24. The Morgan fingerprint density at radius 2 is 2.28 bits per heavy atom. The average Bonchev–Trinajstić information content (AvgIpc) is 3.04. The van der Waals surface area contributed by atoms with E-state index in [0.29, 0.717) is 30.8 Å². The lowest BCUT2D eigenvalue weighted by molar-refractivity contribution is 0.247. The van der Waals surface area contributed by atoms with Crippen molar-refractivity contribution in [2.45, 2.75) is 25.9 Å². The summed E-state index contributed by atoms with van der Waals surface area (Å²) in [4.78, 5) is 31.0. The number of nitrogens with zero attached hydrogens (tertiary/aromatic N) is 5. The molecule has 2 aromatic rings. The second kappa shape index (κ2) is 7.47. The molecule has 3 rings (SSSR count). The van der Waals surface area contributed by atoms with Gasteiger partial charge in [0.05, 0.1) is 12.3 Å². The van der Waals surface area contributed by atoms with Crippen molar-refractivity contribution < 1.29 is 4.74 Å². The molecule has 1 fully saturated rings. The van der Waals surface area contributed by atoms with E-state index < -0.39 is 0 Å². The Balaban J connectivity index is 1.63. The summed E-state index contributed by atoms with van der Waals surface area (Å²) in [5.41, 5.74) is 6.05. The molecule has 1 atom stereocenters. The highest BCUT2D eigenvalue weighted by Gasteiger charge is 2.27. The fraction of sp³-hybridized carbons (Fsp3) is 0.500. The second-order valence-corrected chi connectivity index (χ2v) is 6.07. The van der Waals surface area contributed by atoms with Crippen LogP contribution in [0.5, 0.6) is 5.88 Å². The first-order chi connectivity index (χ1) is 12.0. The summed E-state index contributed by atoms with van der Waals surface area (Å²) < 4.78 is 5.44. The Hall–Kier alpha value is -2.68. The molecule has 1 aliphatic rings. The predicted molar refractivity (Wildman–Crippen MR) is 94.6 cm³/mol. The van der Waals surface area contributed by atoms with Crippen LogP contribution >= 0.6 is 0 Å². The topological polar surface area (TPSA) is 113 Å². The van der Waals surface area contributed by atoms with E-state index in [1.807, 2.05) is 20.0 Å². The van der Waals surface area contributed by atoms with Gasteiger partial charge in [0, 0.05) is 37.8 Å². The van der Waals surface area contributed by atoms with Gasteiger partial charge in [-0.2, -0.15) is 0 Å². The van der Waals surface area contributed by atoms with Crippen molar-refractivity contribution in [2.24, 2.45) is 0 Å². The predicted octanol–water partition coefficient (Wildman–Crippen LogP) is 0.252. The molecule has 0 radical (unpaired) electrons. The van der Waals surface area contributed by atoms with Gasteiger partial charge in [0.2, 0.25) is 11.8 Å². The van der Waals surface area contributed by atoms with E-state index in [-0.39, 0.29) is 11.5 Å². The largest absolute Gasteiger partial charge is 0.478 e.